The number of nitrogens with zero attached hydrogens (tertiary/aromatic N) is 1. The highest BCUT2D eigenvalue weighted by atomic mass is 32.2. The van der Waals surface area contributed by atoms with Crippen LogP contribution >= 0.6 is 0 Å². The Balaban J connectivity index is 1.80. The summed E-state index contributed by atoms with van der Waals surface area (Å²) < 4.78 is 28.9. The number of hydrogen-bond donors (Lipinski definition) is 1. The molecule has 0 fully saturated rings. The van der Waals surface area contributed by atoms with Crippen molar-refractivity contribution in [3.05, 3.63) is 91.3 Å². The Bertz CT molecular complexity index is 1170. The van der Waals surface area contributed by atoms with E-state index in [-0.39, 0.29) is 4.90 Å². The lowest BCUT2D eigenvalue weighted by Gasteiger charge is -2.14. The van der Waals surface area contributed by atoms with Crippen LogP contribution < -0.4 is 4.72 Å². The fourth-order valence-electron chi connectivity index (χ4n) is 2.97. The fourth-order valence-corrected chi connectivity index (χ4v) is 4.28. The van der Waals surface area contributed by atoms with E-state index in [9.17, 15) is 8.42 Å². The molecule has 0 aliphatic rings. The van der Waals surface area contributed by atoms with Gasteiger partial charge in [-0.1, -0.05) is 60.7 Å². The van der Waals surface area contributed by atoms with Crippen LogP contribution in [-0.4, -0.2) is 13.4 Å². The second kappa shape index (κ2) is 6.61. The lowest BCUT2D eigenvalue weighted by Crippen LogP contribution is -2.14. The Morgan fingerprint density at radius 2 is 1.54 bits per heavy atom. The van der Waals surface area contributed by atoms with Crippen molar-refractivity contribution in [3.8, 4) is 11.1 Å². The van der Waals surface area contributed by atoms with Crippen molar-refractivity contribution in [3.63, 3.8) is 0 Å². The number of hydrogen-bond acceptors (Lipinski definition) is 3. The molecule has 1 N–H and O–H groups in total. The summed E-state index contributed by atoms with van der Waals surface area (Å²) >= 11 is 0. The van der Waals surface area contributed by atoms with Crippen molar-refractivity contribution in [1.29, 1.82) is 0 Å². The lowest BCUT2D eigenvalue weighted by atomic mass is 10.0. The molecule has 0 aliphatic heterocycles. The highest BCUT2D eigenvalue weighted by Crippen LogP contribution is 2.30. The average Bonchev–Trinajstić information content (AvgIpc) is 2.68. The summed E-state index contributed by atoms with van der Waals surface area (Å²) in [5.74, 6) is 0. The highest BCUT2D eigenvalue weighted by Gasteiger charge is 2.19. The van der Waals surface area contributed by atoms with Crippen LogP contribution in [0.15, 0.2) is 96.2 Å². The number of aromatic nitrogens is 1. The number of pyridine rings is 1. The first kappa shape index (κ1) is 16.3. The third-order valence-electron chi connectivity index (χ3n) is 4.19. The molecule has 26 heavy (non-hydrogen) atoms. The first-order valence-electron chi connectivity index (χ1n) is 8.15. The minimum absolute atomic E-state index is 0.236. The molecule has 0 unspecified atom stereocenters. The summed E-state index contributed by atoms with van der Waals surface area (Å²) in [6.45, 7) is 0. The fraction of sp³-hybridized carbons (Fsp3) is 0. The number of fused-ring (bicyclic) bond motifs is 1. The number of para-hydroxylation sites is 1. The summed E-state index contributed by atoms with van der Waals surface area (Å²) in [5.41, 5.74) is 2.33. The predicted octanol–water partition coefficient (Wildman–Crippen LogP) is 4.70. The van der Waals surface area contributed by atoms with E-state index in [0.29, 0.717) is 11.1 Å². The van der Waals surface area contributed by atoms with Gasteiger partial charge in [-0.15, -0.1) is 0 Å². The van der Waals surface area contributed by atoms with E-state index in [0.717, 1.165) is 16.5 Å². The highest BCUT2D eigenvalue weighted by molar-refractivity contribution is 7.93. The van der Waals surface area contributed by atoms with Crippen LogP contribution in [0, 0.1) is 0 Å². The molecule has 3 aromatic carbocycles. The second-order valence-electron chi connectivity index (χ2n) is 5.87. The topological polar surface area (TPSA) is 59.1 Å². The maximum absolute atomic E-state index is 13.1. The molecule has 0 saturated carbocycles. The Hall–Kier alpha value is -3.18. The van der Waals surface area contributed by atoms with Gasteiger partial charge in [0.25, 0.3) is 10.0 Å². The van der Waals surface area contributed by atoms with Crippen molar-refractivity contribution in [1.82, 2.24) is 4.98 Å². The number of nitrogens with one attached hydrogen (secondary N) is 1. The Morgan fingerprint density at radius 3 is 2.38 bits per heavy atom. The van der Waals surface area contributed by atoms with Gasteiger partial charge in [0.15, 0.2) is 0 Å². The third-order valence-corrected chi connectivity index (χ3v) is 5.61. The van der Waals surface area contributed by atoms with Gasteiger partial charge in [-0.05, 0) is 23.8 Å². The van der Waals surface area contributed by atoms with Gasteiger partial charge >= 0.3 is 0 Å². The molecule has 4 aromatic rings. The van der Waals surface area contributed by atoms with Gasteiger partial charge in [-0.25, -0.2) is 8.42 Å². The molecule has 128 valence electrons. The summed E-state index contributed by atoms with van der Waals surface area (Å²) in [7, 11) is -3.75. The number of anilines is 1. The van der Waals surface area contributed by atoms with E-state index in [1.165, 1.54) is 0 Å². The van der Waals surface area contributed by atoms with E-state index in [2.05, 4.69) is 9.71 Å². The Kier molecular flexibility index (Phi) is 4.14. The molecule has 5 heteroatoms. The standard InChI is InChI=1S/C21H16N2O2S/c24-26(25,21-12-6-9-17-15-22-14-13-19(17)21)23-20-11-5-4-10-18(20)16-7-2-1-3-8-16/h1-15,23H. The Morgan fingerprint density at radius 1 is 0.769 bits per heavy atom. The zero-order chi connectivity index (χ0) is 18.0. The predicted molar refractivity (Wildman–Crippen MR) is 104 cm³/mol. The first-order chi connectivity index (χ1) is 12.6. The van der Waals surface area contributed by atoms with Gasteiger partial charge in [-0.2, -0.15) is 0 Å². The van der Waals surface area contributed by atoms with Gasteiger partial charge < -0.3 is 0 Å². The van der Waals surface area contributed by atoms with Crippen LogP contribution in [0.5, 0.6) is 0 Å². The average molecular weight is 360 g/mol. The summed E-state index contributed by atoms with van der Waals surface area (Å²) in [6.07, 6.45) is 3.26. The van der Waals surface area contributed by atoms with Crippen LogP contribution in [-0.2, 0) is 10.0 Å². The second-order valence-corrected chi connectivity index (χ2v) is 7.52. The van der Waals surface area contributed by atoms with Crippen LogP contribution in [0.2, 0.25) is 0 Å². The quantitative estimate of drug-likeness (QED) is 0.574. The summed E-state index contributed by atoms with van der Waals surface area (Å²) in [6, 6.07) is 24.0. The minimum atomic E-state index is -3.75. The number of sulfonamides is 1. The van der Waals surface area contributed by atoms with Gasteiger partial charge in [0.05, 0.1) is 10.6 Å². The third kappa shape index (κ3) is 3.05. The maximum atomic E-state index is 13.1. The Labute approximate surface area is 152 Å². The molecule has 0 amide bonds. The van der Waals surface area contributed by atoms with Crippen molar-refractivity contribution >= 4 is 26.5 Å². The van der Waals surface area contributed by atoms with Crippen LogP contribution in [0.3, 0.4) is 0 Å². The molecular formula is C21H16N2O2S. The van der Waals surface area contributed by atoms with Crippen LogP contribution in [0.25, 0.3) is 21.9 Å². The molecule has 4 rings (SSSR count). The lowest BCUT2D eigenvalue weighted by molar-refractivity contribution is 0.602. The van der Waals surface area contributed by atoms with Crippen LogP contribution in [0.1, 0.15) is 0 Å². The van der Waals surface area contributed by atoms with Crippen LogP contribution in [0.4, 0.5) is 5.69 Å². The van der Waals surface area contributed by atoms with E-state index in [4.69, 9.17) is 0 Å². The van der Waals surface area contributed by atoms with Gasteiger partial charge in [-0.3, -0.25) is 9.71 Å². The van der Waals surface area contributed by atoms with Gasteiger partial charge in [0, 0.05) is 28.7 Å². The first-order valence-corrected chi connectivity index (χ1v) is 9.63. The summed E-state index contributed by atoms with van der Waals surface area (Å²) in [4.78, 5) is 4.29. The van der Waals surface area contributed by atoms with Crippen molar-refractivity contribution in [2.45, 2.75) is 4.90 Å². The molecule has 0 atom stereocenters. The van der Waals surface area contributed by atoms with Crippen molar-refractivity contribution < 1.29 is 8.42 Å². The molecule has 0 radical (unpaired) electrons. The molecule has 0 saturated heterocycles. The maximum Gasteiger partial charge on any atom is 0.262 e. The van der Waals surface area contributed by atoms with E-state index >= 15 is 0 Å². The molecule has 4 nitrogen and oxygen atoms in total. The zero-order valence-corrected chi connectivity index (χ0v) is 14.6. The number of rotatable bonds is 4. The molecule has 1 heterocycles. The van der Waals surface area contributed by atoms with Crippen molar-refractivity contribution in [2.24, 2.45) is 0 Å². The molecular weight excluding hydrogens is 344 g/mol. The summed E-state index contributed by atoms with van der Waals surface area (Å²) in [5, 5.41) is 1.43. The SMILES string of the molecule is O=S(=O)(Nc1ccccc1-c1ccccc1)c1cccc2cnccc12. The van der Waals surface area contributed by atoms with Gasteiger partial charge in [0.2, 0.25) is 0 Å². The zero-order valence-electron chi connectivity index (χ0n) is 13.8. The monoisotopic (exact) mass is 360 g/mol. The molecule has 1 aromatic heterocycles. The van der Waals surface area contributed by atoms with Crippen molar-refractivity contribution in [2.75, 3.05) is 4.72 Å². The molecule has 0 bridgehead atoms. The largest absolute Gasteiger partial charge is 0.279 e. The molecule has 0 aliphatic carbocycles. The normalized spacial score (nSPS) is 11.4. The van der Waals surface area contributed by atoms with E-state index in [1.54, 1.807) is 36.7 Å². The molecule has 0 spiro atoms. The van der Waals surface area contributed by atoms with E-state index < -0.39 is 10.0 Å². The van der Waals surface area contributed by atoms with E-state index in [1.807, 2.05) is 54.6 Å². The smallest absolute Gasteiger partial charge is 0.262 e. The minimum Gasteiger partial charge on any atom is -0.279 e. The van der Waals surface area contributed by atoms with Gasteiger partial charge in [0.1, 0.15) is 0 Å². The number of benzene rings is 3.